The number of nitrogens with zero attached hydrogens (tertiary/aromatic N) is 4. The van der Waals surface area contributed by atoms with Crippen LogP contribution in [0.2, 0.25) is 0 Å². The summed E-state index contributed by atoms with van der Waals surface area (Å²) in [4.78, 5) is 25.2. The summed E-state index contributed by atoms with van der Waals surface area (Å²) in [5, 5.41) is 15.4. The van der Waals surface area contributed by atoms with Crippen molar-refractivity contribution in [3.63, 3.8) is 0 Å². The number of ether oxygens (including phenoxy) is 1. The third-order valence-electron chi connectivity index (χ3n) is 4.67. The number of amides is 1. The van der Waals surface area contributed by atoms with Gasteiger partial charge in [0.2, 0.25) is 0 Å². The number of hydrogen-bond donors (Lipinski definition) is 0. The standard InChI is InChI=1S/C20H17FN4O4/c21-15-3-1-14(2-4-15)18-13-19(20(26)23-9-11-29-12-10-23)24(22-18)16-5-7-17(8-6-16)25(27)28/h1-8,13H,9-12H2. The number of non-ortho nitro benzene ring substituents is 1. The summed E-state index contributed by atoms with van der Waals surface area (Å²) >= 11 is 0. The molecule has 1 amide bonds. The van der Waals surface area contributed by atoms with Crippen LogP contribution < -0.4 is 0 Å². The highest BCUT2D eigenvalue weighted by molar-refractivity contribution is 5.94. The van der Waals surface area contributed by atoms with Crippen LogP contribution in [-0.2, 0) is 4.74 Å². The van der Waals surface area contributed by atoms with Gasteiger partial charge in [-0.25, -0.2) is 9.07 Å². The lowest BCUT2D eigenvalue weighted by Crippen LogP contribution is -2.41. The van der Waals surface area contributed by atoms with Crippen molar-refractivity contribution < 1.29 is 18.8 Å². The number of rotatable bonds is 4. The highest BCUT2D eigenvalue weighted by Crippen LogP contribution is 2.24. The van der Waals surface area contributed by atoms with E-state index in [0.717, 1.165) is 0 Å². The van der Waals surface area contributed by atoms with Gasteiger partial charge in [0.25, 0.3) is 11.6 Å². The minimum absolute atomic E-state index is 0.0549. The van der Waals surface area contributed by atoms with Gasteiger partial charge in [0.1, 0.15) is 11.5 Å². The Balaban J connectivity index is 1.77. The first kappa shape index (κ1) is 18.8. The van der Waals surface area contributed by atoms with Gasteiger partial charge in [-0.2, -0.15) is 5.10 Å². The fraction of sp³-hybridized carbons (Fsp3) is 0.200. The van der Waals surface area contributed by atoms with Crippen molar-refractivity contribution in [2.24, 2.45) is 0 Å². The molecule has 1 saturated heterocycles. The molecule has 1 aliphatic heterocycles. The minimum Gasteiger partial charge on any atom is -0.378 e. The zero-order valence-corrected chi connectivity index (χ0v) is 15.3. The van der Waals surface area contributed by atoms with Crippen LogP contribution in [0.5, 0.6) is 0 Å². The first-order valence-corrected chi connectivity index (χ1v) is 9.01. The molecule has 3 aromatic rings. The van der Waals surface area contributed by atoms with Crippen LogP contribution in [-0.4, -0.2) is 51.8 Å². The van der Waals surface area contributed by atoms with Crippen LogP contribution in [0.4, 0.5) is 10.1 Å². The van der Waals surface area contributed by atoms with Gasteiger partial charge in [0.05, 0.1) is 29.5 Å². The Kier molecular flexibility index (Phi) is 5.05. The summed E-state index contributed by atoms with van der Waals surface area (Å²) in [6, 6.07) is 13.3. The van der Waals surface area contributed by atoms with Gasteiger partial charge in [-0.1, -0.05) is 0 Å². The van der Waals surface area contributed by atoms with Crippen LogP contribution in [0.15, 0.2) is 54.6 Å². The van der Waals surface area contributed by atoms with Crippen LogP contribution in [0, 0.1) is 15.9 Å². The SMILES string of the molecule is O=C(c1cc(-c2ccc(F)cc2)nn1-c1ccc([N+](=O)[O-])cc1)N1CCOCC1. The molecule has 29 heavy (non-hydrogen) atoms. The van der Waals surface area contributed by atoms with Crippen molar-refractivity contribution in [3.05, 3.63) is 76.2 Å². The molecule has 0 saturated carbocycles. The van der Waals surface area contributed by atoms with Crippen LogP contribution in [0.3, 0.4) is 0 Å². The number of halogens is 1. The molecule has 1 aliphatic rings. The molecule has 2 aromatic carbocycles. The lowest BCUT2D eigenvalue weighted by Gasteiger charge is -2.26. The van der Waals surface area contributed by atoms with E-state index in [2.05, 4.69) is 5.10 Å². The zero-order chi connectivity index (χ0) is 20.4. The number of morpholine rings is 1. The second-order valence-electron chi connectivity index (χ2n) is 6.51. The van der Waals surface area contributed by atoms with Crippen molar-refractivity contribution in [1.29, 1.82) is 0 Å². The van der Waals surface area contributed by atoms with Gasteiger partial charge >= 0.3 is 0 Å². The van der Waals surface area contributed by atoms with E-state index in [4.69, 9.17) is 4.74 Å². The average molecular weight is 396 g/mol. The van der Waals surface area contributed by atoms with E-state index >= 15 is 0 Å². The van der Waals surface area contributed by atoms with E-state index in [9.17, 15) is 19.3 Å². The van der Waals surface area contributed by atoms with E-state index in [-0.39, 0.29) is 17.4 Å². The molecule has 1 fully saturated rings. The topological polar surface area (TPSA) is 90.5 Å². The maximum atomic E-state index is 13.3. The number of carbonyl (C=O) groups excluding carboxylic acids is 1. The first-order chi connectivity index (χ1) is 14.0. The molecule has 2 heterocycles. The normalized spacial score (nSPS) is 14.0. The van der Waals surface area contributed by atoms with Crippen molar-refractivity contribution in [2.75, 3.05) is 26.3 Å². The Hall–Kier alpha value is -3.59. The van der Waals surface area contributed by atoms with Crippen LogP contribution in [0.1, 0.15) is 10.5 Å². The molecular formula is C20H17FN4O4. The summed E-state index contributed by atoms with van der Waals surface area (Å²) in [6.45, 7) is 1.86. The van der Waals surface area contributed by atoms with Crippen LogP contribution in [0.25, 0.3) is 16.9 Å². The molecule has 0 radical (unpaired) electrons. The summed E-state index contributed by atoms with van der Waals surface area (Å²) in [7, 11) is 0. The van der Waals surface area contributed by atoms with Gasteiger partial charge in [-0.05, 0) is 42.5 Å². The molecule has 148 valence electrons. The summed E-state index contributed by atoms with van der Waals surface area (Å²) in [5.41, 5.74) is 1.93. The van der Waals surface area contributed by atoms with E-state index in [0.29, 0.717) is 48.9 Å². The van der Waals surface area contributed by atoms with Crippen LogP contribution >= 0.6 is 0 Å². The van der Waals surface area contributed by atoms with E-state index < -0.39 is 4.92 Å². The van der Waals surface area contributed by atoms with Crippen molar-refractivity contribution in [2.45, 2.75) is 0 Å². The molecule has 8 nitrogen and oxygen atoms in total. The molecule has 0 aliphatic carbocycles. The molecule has 4 rings (SSSR count). The minimum atomic E-state index is -0.489. The predicted octanol–water partition coefficient (Wildman–Crippen LogP) is 3.06. The maximum absolute atomic E-state index is 13.3. The lowest BCUT2D eigenvalue weighted by atomic mass is 10.1. The number of aromatic nitrogens is 2. The molecule has 0 spiro atoms. The Morgan fingerprint density at radius 1 is 1.07 bits per heavy atom. The quantitative estimate of drug-likeness (QED) is 0.499. The predicted molar refractivity (Wildman–Crippen MR) is 102 cm³/mol. The summed E-state index contributed by atoms with van der Waals surface area (Å²) < 4.78 is 20.0. The van der Waals surface area contributed by atoms with Crippen molar-refractivity contribution in [1.82, 2.24) is 14.7 Å². The van der Waals surface area contributed by atoms with Gasteiger partial charge in [0.15, 0.2) is 0 Å². The number of nitro groups is 1. The fourth-order valence-corrected chi connectivity index (χ4v) is 3.14. The third-order valence-corrected chi connectivity index (χ3v) is 4.67. The third kappa shape index (κ3) is 3.85. The van der Waals surface area contributed by atoms with Gasteiger partial charge in [0, 0.05) is 30.8 Å². The Labute approximate surface area is 165 Å². The number of benzene rings is 2. The van der Waals surface area contributed by atoms with Crippen molar-refractivity contribution in [3.8, 4) is 16.9 Å². The van der Waals surface area contributed by atoms with Crippen molar-refractivity contribution >= 4 is 11.6 Å². The van der Waals surface area contributed by atoms with E-state index in [1.54, 1.807) is 23.1 Å². The van der Waals surface area contributed by atoms with Gasteiger partial charge in [-0.3, -0.25) is 14.9 Å². The maximum Gasteiger partial charge on any atom is 0.272 e. The largest absolute Gasteiger partial charge is 0.378 e. The molecule has 0 N–H and O–H groups in total. The Morgan fingerprint density at radius 2 is 1.72 bits per heavy atom. The second-order valence-corrected chi connectivity index (χ2v) is 6.51. The zero-order valence-electron chi connectivity index (χ0n) is 15.3. The first-order valence-electron chi connectivity index (χ1n) is 9.01. The monoisotopic (exact) mass is 396 g/mol. The van der Waals surface area contributed by atoms with Gasteiger partial charge < -0.3 is 9.64 Å². The second kappa shape index (κ2) is 7.80. The average Bonchev–Trinajstić information content (AvgIpc) is 3.20. The summed E-state index contributed by atoms with van der Waals surface area (Å²) in [5.74, 6) is -0.583. The molecule has 0 unspecified atom stereocenters. The molecule has 1 aromatic heterocycles. The Bertz CT molecular complexity index is 1040. The summed E-state index contributed by atoms with van der Waals surface area (Å²) in [6.07, 6.45) is 0. The smallest absolute Gasteiger partial charge is 0.272 e. The molecule has 0 atom stereocenters. The van der Waals surface area contributed by atoms with E-state index in [1.807, 2.05) is 0 Å². The highest BCUT2D eigenvalue weighted by Gasteiger charge is 2.24. The number of nitro benzene ring substituents is 1. The lowest BCUT2D eigenvalue weighted by molar-refractivity contribution is -0.384. The highest BCUT2D eigenvalue weighted by atomic mass is 19.1. The fourth-order valence-electron chi connectivity index (χ4n) is 3.14. The molecule has 9 heteroatoms. The number of carbonyl (C=O) groups is 1. The van der Waals surface area contributed by atoms with E-state index in [1.165, 1.54) is 41.1 Å². The van der Waals surface area contributed by atoms with Gasteiger partial charge in [-0.15, -0.1) is 0 Å². The molecular weight excluding hydrogens is 379 g/mol. The molecule has 0 bridgehead atoms. The number of hydrogen-bond acceptors (Lipinski definition) is 5. The Morgan fingerprint density at radius 3 is 2.34 bits per heavy atom.